The van der Waals surface area contributed by atoms with Crippen molar-refractivity contribution < 1.29 is 19.7 Å². The molecule has 0 aromatic carbocycles. The zero-order chi connectivity index (χ0) is 25.3. The lowest BCUT2D eigenvalue weighted by atomic mass is 9.82. The molecule has 0 saturated carbocycles. The van der Waals surface area contributed by atoms with E-state index >= 15 is 0 Å². The molecule has 2 aromatic heterocycles. The van der Waals surface area contributed by atoms with Gasteiger partial charge in [0.25, 0.3) is 0 Å². The monoisotopic (exact) mass is 471 g/mol. The number of aliphatic hydroxyl groups is 1. The minimum Gasteiger partial charge on any atom is -0.506 e. The first-order valence-electron chi connectivity index (χ1n) is 12.3. The van der Waals surface area contributed by atoms with Crippen LogP contribution in [0.3, 0.4) is 0 Å². The Hall–Kier alpha value is -2.67. The van der Waals surface area contributed by atoms with Crippen LogP contribution in [-0.4, -0.2) is 52.0 Å². The third-order valence-electron chi connectivity index (χ3n) is 6.02. The molecular weight excluding hydrogens is 430 g/mol. The number of anilines is 1. The molecule has 0 atom stereocenters. The van der Waals surface area contributed by atoms with E-state index in [1.165, 1.54) is 6.20 Å². The van der Waals surface area contributed by atoms with Crippen LogP contribution in [-0.2, 0) is 16.0 Å². The number of aromatic nitrogens is 2. The van der Waals surface area contributed by atoms with Gasteiger partial charge in [0.1, 0.15) is 5.75 Å². The van der Waals surface area contributed by atoms with E-state index in [9.17, 15) is 9.90 Å². The van der Waals surface area contributed by atoms with Crippen LogP contribution in [0.15, 0.2) is 24.5 Å². The Labute approximate surface area is 204 Å². The first-order chi connectivity index (χ1) is 16.1. The molecule has 34 heavy (non-hydrogen) atoms. The van der Waals surface area contributed by atoms with Gasteiger partial charge in [0.2, 0.25) is 0 Å². The normalized spacial score (nSPS) is 15.0. The fourth-order valence-corrected chi connectivity index (χ4v) is 3.88. The molecule has 2 aromatic rings. The second-order valence-corrected chi connectivity index (χ2v) is 9.93. The maximum atomic E-state index is 12.5. The Balaban J connectivity index is 0.000000739. The molecule has 7 heteroatoms. The summed E-state index contributed by atoms with van der Waals surface area (Å²) in [4.78, 5) is 23.8. The van der Waals surface area contributed by atoms with Gasteiger partial charge < -0.3 is 19.8 Å². The van der Waals surface area contributed by atoms with E-state index in [0.29, 0.717) is 12.0 Å². The Morgan fingerprint density at radius 1 is 1.18 bits per heavy atom. The van der Waals surface area contributed by atoms with Crippen molar-refractivity contribution in [3.05, 3.63) is 35.8 Å². The Morgan fingerprint density at radius 3 is 2.35 bits per heavy atom. The van der Waals surface area contributed by atoms with E-state index in [2.05, 4.69) is 35.6 Å². The highest BCUT2D eigenvalue weighted by Crippen LogP contribution is 2.39. The summed E-state index contributed by atoms with van der Waals surface area (Å²) < 4.78 is 5.41. The van der Waals surface area contributed by atoms with Crippen LogP contribution in [0, 0.1) is 12.3 Å². The first-order valence-corrected chi connectivity index (χ1v) is 12.3. The number of hydrogen-bond donors (Lipinski definition) is 2. The van der Waals surface area contributed by atoms with E-state index < -0.39 is 0 Å². The van der Waals surface area contributed by atoms with Gasteiger partial charge in [-0.15, -0.1) is 0 Å². The molecule has 2 N–H and O–H groups in total. The van der Waals surface area contributed by atoms with Gasteiger partial charge in [-0.05, 0) is 57.6 Å². The number of aliphatic hydroxyl groups excluding tert-OH is 1. The Bertz CT molecular complexity index is 914. The number of carbonyl (C=O) groups excluding carboxylic acids is 1. The van der Waals surface area contributed by atoms with Crippen molar-refractivity contribution in [2.75, 3.05) is 24.6 Å². The molecule has 1 aliphatic rings. The first kappa shape index (κ1) is 27.6. The molecule has 0 unspecified atom stereocenters. The number of aromatic hydroxyl groups is 1. The molecule has 1 saturated heterocycles. The van der Waals surface area contributed by atoms with Crippen molar-refractivity contribution in [1.29, 1.82) is 0 Å². The molecular formula is C27H41N3O4. The SMILES string of the molecule is CCCCO.Cc1ncc(-c2ccc(O)cn2)c(N2CCC(C)(C)CC2)c1CC(=O)OC(C)C. The van der Waals surface area contributed by atoms with Crippen molar-refractivity contribution in [3.63, 3.8) is 0 Å². The molecule has 0 spiro atoms. The quantitative estimate of drug-likeness (QED) is 0.545. The summed E-state index contributed by atoms with van der Waals surface area (Å²) in [6.45, 7) is 14.5. The molecule has 0 bridgehead atoms. The highest BCUT2D eigenvalue weighted by Gasteiger charge is 2.29. The summed E-state index contributed by atoms with van der Waals surface area (Å²) in [5, 5.41) is 17.7. The third kappa shape index (κ3) is 7.97. The lowest BCUT2D eigenvalue weighted by molar-refractivity contribution is -0.146. The van der Waals surface area contributed by atoms with E-state index in [0.717, 1.165) is 67.0 Å². The number of unbranched alkanes of at least 4 members (excludes halogenated alkanes) is 1. The van der Waals surface area contributed by atoms with Gasteiger partial charge in [-0.1, -0.05) is 27.2 Å². The van der Waals surface area contributed by atoms with Gasteiger partial charge in [0.05, 0.1) is 30.1 Å². The summed E-state index contributed by atoms with van der Waals surface area (Å²) in [6.07, 6.45) is 7.47. The van der Waals surface area contributed by atoms with Crippen LogP contribution in [0.1, 0.15) is 71.6 Å². The number of pyridine rings is 2. The Morgan fingerprint density at radius 2 is 1.85 bits per heavy atom. The second-order valence-electron chi connectivity index (χ2n) is 9.93. The van der Waals surface area contributed by atoms with Crippen LogP contribution in [0.2, 0.25) is 0 Å². The summed E-state index contributed by atoms with van der Waals surface area (Å²) in [5.41, 5.74) is 4.64. The number of esters is 1. The van der Waals surface area contributed by atoms with Crippen molar-refractivity contribution in [3.8, 4) is 17.0 Å². The summed E-state index contributed by atoms with van der Waals surface area (Å²) >= 11 is 0. The average Bonchev–Trinajstić information content (AvgIpc) is 2.76. The number of piperidine rings is 1. The molecule has 0 aliphatic carbocycles. The molecule has 1 fully saturated rings. The van der Waals surface area contributed by atoms with E-state index in [4.69, 9.17) is 9.84 Å². The minimum atomic E-state index is -0.251. The lowest BCUT2D eigenvalue weighted by Gasteiger charge is -2.40. The molecule has 7 nitrogen and oxygen atoms in total. The maximum absolute atomic E-state index is 12.5. The number of carbonyl (C=O) groups is 1. The third-order valence-corrected chi connectivity index (χ3v) is 6.02. The smallest absolute Gasteiger partial charge is 0.310 e. The molecule has 3 heterocycles. The van der Waals surface area contributed by atoms with Crippen molar-refractivity contribution in [2.24, 2.45) is 5.41 Å². The van der Waals surface area contributed by atoms with Crippen LogP contribution >= 0.6 is 0 Å². The van der Waals surface area contributed by atoms with Crippen LogP contribution in [0.4, 0.5) is 5.69 Å². The molecule has 3 rings (SSSR count). The Kier molecular flexibility index (Phi) is 10.3. The number of rotatable bonds is 7. The van der Waals surface area contributed by atoms with E-state index in [-0.39, 0.29) is 24.2 Å². The molecule has 0 amide bonds. The van der Waals surface area contributed by atoms with Crippen molar-refractivity contribution in [1.82, 2.24) is 9.97 Å². The average molecular weight is 472 g/mol. The van der Waals surface area contributed by atoms with Gasteiger partial charge in [0, 0.05) is 42.7 Å². The van der Waals surface area contributed by atoms with Crippen LogP contribution in [0.25, 0.3) is 11.3 Å². The largest absolute Gasteiger partial charge is 0.506 e. The molecule has 1 aliphatic heterocycles. The highest BCUT2D eigenvalue weighted by atomic mass is 16.5. The van der Waals surface area contributed by atoms with Crippen molar-refractivity contribution >= 4 is 11.7 Å². The predicted octanol–water partition coefficient (Wildman–Crippen LogP) is 5.06. The fourth-order valence-electron chi connectivity index (χ4n) is 3.88. The topological polar surface area (TPSA) is 95.8 Å². The van der Waals surface area contributed by atoms with Gasteiger partial charge in [0.15, 0.2) is 0 Å². The number of nitrogens with zero attached hydrogens (tertiary/aromatic N) is 3. The number of aryl methyl sites for hydroxylation is 1. The lowest BCUT2D eigenvalue weighted by Crippen LogP contribution is -2.38. The fraction of sp³-hybridized carbons (Fsp3) is 0.593. The highest BCUT2D eigenvalue weighted by molar-refractivity contribution is 5.84. The summed E-state index contributed by atoms with van der Waals surface area (Å²) in [6, 6.07) is 3.41. The second kappa shape index (κ2) is 12.7. The van der Waals surface area contributed by atoms with Crippen molar-refractivity contribution in [2.45, 2.75) is 79.8 Å². The van der Waals surface area contributed by atoms with Gasteiger partial charge in [-0.25, -0.2) is 0 Å². The van der Waals surface area contributed by atoms with Gasteiger partial charge >= 0.3 is 5.97 Å². The zero-order valence-corrected chi connectivity index (χ0v) is 21.6. The summed E-state index contributed by atoms with van der Waals surface area (Å²) in [5.74, 6) is -0.130. The van der Waals surface area contributed by atoms with Gasteiger partial charge in [-0.2, -0.15) is 0 Å². The molecule has 188 valence electrons. The van der Waals surface area contributed by atoms with E-state index in [1.54, 1.807) is 12.1 Å². The van der Waals surface area contributed by atoms with Gasteiger partial charge in [-0.3, -0.25) is 14.8 Å². The standard InChI is InChI=1S/C23H31N3O3.C4H10O/c1-15(2)29-21(28)12-18-16(3)24-14-19(20-7-6-17(27)13-25-20)22(18)26-10-8-23(4,5)9-11-26;1-2-3-4-5/h6-7,13-15,27H,8-12H2,1-5H3;5H,2-4H2,1H3. The minimum absolute atomic E-state index is 0.121. The predicted molar refractivity (Wildman–Crippen MR) is 136 cm³/mol. The van der Waals surface area contributed by atoms with Crippen LogP contribution < -0.4 is 4.90 Å². The number of ether oxygens (including phenoxy) is 1. The molecule has 0 radical (unpaired) electrons. The number of hydrogen-bond acceptors (Lipinski definition) is 7. The maximum Gasteiger partial charge on any atom is 0.310 e. The zero-order valence-electron chi connectivity index (χ0n) is 21.6. The summed E-state index contributed by atoms with van der Waals surface area (Å²) in [7, 11) is 0. The van der Waals surface area contributed by atoms with Crippen LogP contribution in [0.5, 0.6) is 5.75 Å². The van der Waals surface area contributed by atoms with E-state index in [1.807, 2.05) is 27.0 Å².